The number of carbonyl (C=O) groups excluding carboxylic acids is 1. The fourth-order valence-corrected chi connectivity index (χ4v) is 4.49. The highest BCUT2D eigenvalue weighted by Gasteiger charge is 2.39. The molecule has 1 atom stereocenters. The van der Waals surface area contributed by atoms with Crippen LogP contribution in [-0.4, -0.2) is 64.7 Å². The van der Waals surface area contributed by atoms with E-state index in [0.717, 1.165) is 0 Å². The Kier molecular flexibility index (Phi) is 6.39. The van der Waals surface area contributed by atoms with Crippen LogP contribution in [0.3, 0.4) is 0 Å². The highest BCUT2D eigenvalue weighted by Crippen LogP contribution is 2.28. The summed E-state index contributed by atoms with van der Waals surface area (Å²) in [4.78, 5) is 16.3. The van der Waals surface area contributed by atoms with Gasteiger partial charge in [0.2, 0.25) is 0 Å². The molecule has 1 aliphatic heterocycles. The predicted molar refractivity (Wildman–Crippen MR) is 94.5 cm³/mol. The Morgan fingerprint density at radius 1 is 1.46 bits per heavy atom. The van der Waals surface area contributed by atoms with E-state index in [4.69, 9.17) is 4.74 Å². The van der Waals surface area contributed by atoms with Crippen LogP contribution < -0.4 is 5.32 Å². The molecule has 2 N–H and O–H groups in total. The van der Waals surface area contributed by atoms with E-state index in [1.54, 1.807) is 23.9 Å². The maximum Gasteiger partial charge on any atom is 0.342 e. The van der Waals surface area contributed by atoms with Crippen molar-refractivity contribution in [1.29, 1.82) is 0 Å². The van der Waals surface area contributed by atoms with Gasteiger partial charge in [-0.15, -0.1) is 12.4 Å². The van der Waals surface area contributed by atoms with Crippen LogP contribution >= 0.6 is 12.4 Å². The maximum absolute atomic E-state index is 13.2. The molecule has 2 aromatic rings. The minimum Gasteiger partial charge on any atom is -0.462 e. The van der Waals surface area contributed by atoms with E-state index in [1.807, 2.05) is 7.05 Å². The smallest absolute Gasteiger partial charge is 0.342 e. The predicted octanol–water partition coefficient (Wildman–Crippen LogP) is 0.0769. The highest BCUT2D eigenvalue weighted by molar-refractivity contribution is 7.89. The zero-order chi connectivity index (χ0) is 18.0. The molecule has 0 saturated carbocycles. The topological polar surface area (TPSA) is 122 Å². The number of aromatic amines is 1. The van der Waals surface area contributed by atoms with Gasteiger partial charge in [0.25, 0.3) is 10.0 Å². The van der Waals surface area contributed by atoms with Gasteiger partial charge in [0, 0.05) is 39.1 Å². The van der Waals surface area contributed by atoms with Crippen LogP contribution in [0, 0.1) is 0 Å². The monoisotopic (exact) mass is 404 g/mol. The summed E-state index contributed by atoms with van der Waals surface area (Å²) < 4.78 is 34.4. The SMILES string of the molecule is CCOC(=O)c1cn[nH]c1S(=O)(=O)N1CCNCC1c1nccn1C.Cl. The van der Waals surface area contributed by atoms with E-state index >= 15 is 0 Å². The number of esters is 1. The van der Waals surface area contributed by atoms with E-state index in [1.165, 1.54) is 10.5 Å². The molecule has 10 nitrogen and oxygen atoms in total. The number of aryl methyl sites for hydroxylation is 1. The summed E-state index contributed by atoms with van der Waals surface area (Å²) in [5, 5.41) is 9.08. The van der Waals surface area contributed by atoms with Crippen LogP contribution in [0.25, 0.3) is 0 Å². The molecule has 26 heavy (non-hydrogen) atoms. The third-order valence-electron chi connectivity index (χ3n) is 4.02. The van der Waals surface area contributed by atoms with Crippen molar-refractivity contribution in [2.45, 2.75) is 18.0 Å². The number of aromatic nitrogens is 4. The standard InChI is InChI=1S/C14H20N6O4S.ClH/c1-3-24-14(21)10-8-17-18-13(10)25(22,23)20-7-4-15-9-11(20)12-16-5-6-19(12)2;/h5-6,8,11,15H,3-4,7,9H2,1-2H3,(H,17,18);1H. The minimum absolute atomic E-state index is 0. The van der Waals surface area contributed by atoms with Gasteiger partial charge in [0.05, 0.1) is 18.8 Å². The van der Waals surface area contributed by atoms with Crippen LogP contribution in [0.1, 0.15) is 29.1 Å². The van der Waals surface area contributed by atoms with Crippen LogP contribution in [0.4, 0.5) is 0 Å². The molecule has 3 heterocycles. The summed E-state index contributed by atoms with van der Waals surface area (Å²) in [6.45, 7) is 2.98. The van der Waals surface area contributed by atoms with Crippen molar-refractivity contribution in [2.75, 3.05) is 26.2 Å². The van der Waals surface area contributed by atoms with Gasteiger partial charge in [-0.05, 0) is 6.92 Å². The third kappa shape index (κ3) is 3.61. The van der Waals surface area contributed by atoms with Crippen molar-refractivity contribution in [1.82, 2.24) is 29.4 Å². The van der Waals surface area contributed by atoms with E-state index in [2.05, 4.69) is 20.5 Å². The van der Waals surface area contributed by atoms with E-state index < -0.39 is 22.0 Å². The highest BCUT2D eigenvalue weighted by atomic mass is 35.5. The molecule has 12 heteroatoms. The molecule has 0 radical (unpaired) electrons. The van der Waals surface area contributed by atoms with Crippen LogP contribution in [-0.2, 0) is 21.8 Å². The van der Waals surface area contributed by atoms with Crippen molar-refractivity contribution in [3.63, 3.8) is 0 Å². The molecule has 0 bridgehead atoms. The first-order chi connectivity index (χ1) is 12.0. The molecule has 1 fully saturated rings. The number of H-pyrrole nitrogens is 1. The van der Waals surface area contributed by atoms with Gasteiger partial charge >= 0.3 is 5.97 Å². The van der Waals surface area contributed by atoms with Crippen molar-refractivity contribution in [3.05, 3.63) is 30.0 Å². The molecule has 0 spiro atoms. The van der Waals surface area contributed by atoms with Crippen LogP contribution in [0.2, 0.25) is 0 Å². The lowest BCUT2D eigenvalue weighted by Gasteiger charge is -2.34. The molecule has 1 saturated heterocycles. The minimum atomic E-state index is -3.98. The lowest BCUT2D eigenvalue weighted by Crippen LogP contribution is -2.49. The second kappa shape index (κ2) is 8.16. The Morgan fingerprint density at radius 2 is 2.23 bits per heavy atom. The summed E-state index contributed by atoms with van der Waals surface area (Å²) in [5.41, 5.74) is -0.0982. The molecule has 3 rings (SSSR count). The largest absolute Gasteiger partial charge is 0.462 e. The second-order valence-electron chi connectivity index (χ2n) is 5.57. The van der Waals surface area contributed by atoms with Gasteiger partial charge in [-0.1, -0.05) is 0 Å². The van der Waals surface area contributed by atoms with Crippen molar-refractivity contribution >= 4 is 28.4 Å². The van der Waals surface area contributed by atoms with Gasteiger partial charge in [-0.2, -0.15) is 9.40 Å². The molecular weight excluding hydrogens is 384 g/mol. The molecule has 0 aliphatic carbocycles. The van der Waals surface area contributed by atoms with E-state index in [-0.39, 0.29) is 36.1 Å². The van der Waals surface area contributed by atoms with Crippen molar-refractivity contribution in [2.24, 2.45) is 7.05 Å². The molecule has 1 unspecified atom stereocenters. The second-order valence-corrected chi connectivity index (χ2v) is 7.39. The lowest BCUT2D eigenvalue weighted by atomic mass is 10.2. The summed E-state index contributed by atoms with van der Waals surface area (Å²) in [6.07, 6.45) is 4.55. The molecule has 0 amide bonds. The normalized spacial score (nSPS) is 18.3. The summed E-state index contributed by atoms with van der Waals surface area (Å²) in [7, 11) is -2.18. The molecular formula is C14H21ClN6O4S. The quantitative estimate of drug-likeness (QED) is 0.676. The number of nitrogens with one attached hydrogen (secondary N) is 2. The molecule has 1 aliphatic rings. The number of carbonyl (C=O) groups is 1. The Labute approximate surface area is 157 Å². The van der Waals surface area contributed by atoms with Crippen LogP contribution in [0.15, 0.2) is 23.6 Å². The first-order valence-corrected chi connectivity index (χ1v) is 9.31. The summed E-state index contributed by atoms with van der Waals surface area (Å²) in [5.74, 6) is -0.105. The Morgan fingerprint density at radius 3 is 2.88 bits per heavy atom. The van der Waals surface area contributed by atoms with Gasteiger partial charge in [-0.3, -0.25) is 5.10 Å². The summed E-state index contributed by atoms with van der Waals surface area (Å²) >= 11 is 0. The van der Waals surface area contributed by atoms with Gasteiger partial charge in [0.1, 0.15) is 11.4 Å². The Balaban J connectivity index is 0.00000243. The number of hydrogen-bond donors (Lipinski definition) is 2. The fourth-order valence-electron chi connectivity index (χ4n) is 2.83. The van der Waals surface area contributed by atoms with E-state index in [0.29, 0.717) is 18.9 Å². The number of imidazole rings is 1. The zero-order valence-electron chi connectivity index (χ0n) is 14.4. The van der Waals surface area contributed by atoms with E-state index in [9.17, 15) is 13.2 Å². The fraction of sp³-hybridized carbons (Fsp3) is 0.500. The van der Waals surface area contributed by atoms with Gasteiger partial charge in [-0.25, -0.2) is 18.2 Å². The average Bonchev–Trinajstić information content (AvgIpc) is 3.24. The maximum atomic E-state index is 13.2. The molecule has 144 valence electrons. The first-order valence-electron chi connectivity index (χ1n) is 7.87. The van der Waals surface area contributed by atoms with Crippen LogP contribution in [0.5, 0.6) is 0 Å². The Bertz CT molecular complexity index is 864. The number of ether oxygens (including phenoxy) is 1. The molecule has 2 aromatic heterocycles. The first kappa shape index (κ1) is 20.4. The number of piperazine rings is 1. The third-order valence-corrected chi connectivity index (χ3v) is 5.90. The number of rotatable bonds is 5. The number of hydrogen-bond acceptors (Lipinski definition) is 7. The summed E-state index contributed by atoms with van der Waals surface area (Å²) in [6, 6.07) is -0.489. The molecule has 0 aromatic carbocycles. The Hall–Kier alpha value is -1.95. The number of halogens is 1. The van der Waals surface area contributed by atoms with Crippen molar-refractivity contribution in [3.8, 4) is 0 Å². The number of nitrogens with zero attached hydrogens (tertiary/aromatic N) is 4. The van der Waals surface area contributed by atoms with Crippen molar-refractivity contribution < 1.29 is 17.9 Å². The van der Waals surface area contributed by atoms with Gasteiger partial charge in [0.15, 0.2) is 5.03 Å². The lowest BCUT2D eigenvalue weighted by molar-refractivity contribution is 0.0521. The average molecular weight is 405 g/mol. The zero-order valence-corrected chi connectivity index (χ0v) is 16.0. The number of sulfonamides is 1. The van der Waals surface area contributed by atoms with Gasteiger partial charge < -0.3 is 14.6 Å².